The lowest BCUT2D eigenvalue weighted by atomic mass is 10.0. The van der Waals surface area contributed by atoms with Gasteiger partial charge in [0, 0.05) is 18.2 Å². The number of ether oxygens (including phenoxy) is 1. The molecular formula is C18H16N2O2. The summed E-state index contributed by atoms with van der Waals surface area (Å²) in [6.45, 7) is 0. The number of aromatic nitrogens is 2. The molecule has 4 nitrogen and oxygen atoms in total. The monoisotopic (exact) mass is 292 g/mol. The van der Waals surface area contributed by atoms with E-state index in [1.807, 2.05) is 67.7 Å². The van der Waals surface area contributed by atoms with Gasteiger partial charge < -0.3 is 4.74 Å². The number of aryl methyl sites for hydroxylation is 1. The molecule has 0 saturated heterocycles. The molecule has 0 aliphatic carbocycles. The second-order valence-electron chi connectivity index (χ2n) is 4.92. The Morgan fingerprint density at radius 1 is 0.955 bits per heavy atom. The SMILES string of the molecule is COC(=O)c1c(-c2ccccc2)nn(C)c1-c1ccccc1. The Balaban J connectivity index is 2.27. The van der Waals surface area contributed by atoms with E-state index in [2.05, 4.69) is 5.10 Å². The lowest BCUT2D eigenvalue weighted by Gasteiger charge is -2.06. The first-order valence-corrected chi connectivity index (χ1v) is 6.98. The molecule has 3 aromatic rings. The van der Waals surface area contributed by atoms with E-state index in [1.54, 1.807) is 4.68 Å². The number of hydrogen-bond acceptors (Lipinski definition) is 3. The van der Waals surface area contributed by atoms with Crippen LogP contribution in [0.3, 0.4) is 0 Å². The summed E-state index contributed by atoms with van der Waals surface area (Å²) in [6.07, 6.45) is 0. The summed E-state index contributed by atoms with van der Waals surface area (Å²) in [5, 5.41) is 4.54. The molecule has 1 aromatic heterocycles. The second-order valence-corrected chi connectivity index (χ2v) is 4.92. The van der Waals surface area contributed by atoms with Crippen molar-refractivity contribution in [3.05, 3.63) is 66.2 Å². The molecular weight excluding hydrogens is 276 g/mol. The van der Waals surface area contributed by atoms with Crippen LogP contribution in [-0.2, 0) is 11.8 Å². The van der Waals surface area contributed by atoms with Gasteiger partial charge in [-0.25, -0.2) is 4.79 Å². The normalized spacial score (nSPS) is 10.5. The van der Waals surface area contributed by atoms with Gasteiger partial charge in [0.1, 0.15) is 11.3 Å². The zero-order valence-corrected chi connectivity index (χ0v) is 12.5. The van der Waals surface area contributed by atoms with E-state index >= 15 is 0 Å². The zero-order chi connectivity index (χ0) is 15.5. The maximum atomic E-state index is 12.3. The van der Waals surface area contributed by atoms with E-state index in [9.17, 15) is 4.79 Å². The van der Waals surface area contributed by atoms with E-state index in [0.717, 1.165) is 16.8 Å². The van der Waals surface area contributed by atoms with E-state index < -0.39 is 0 Å². The Labute approximate surface area is 129 Å². The van der Waals surface area contributed by atoms with Crippen molar-refractivity contribution in [2.45, 2.75) is 0 Å². The van der Waals surface area contributed by atoms with Crippen molar-refractivity contribution >= 4 is 5.97 Å². The average molecular weight is 292 g/mol. The fraction of sp³-hybridized carbons (Fsp3) is 0.111. The molecule has 0 N–H and O–H groups in total. The molecule has 0 fully saturated rings. The molecule has 110 valence electrons. The highest BCUT2D eigenvalue weighted by Gasteiger charge is 2.25. The van der Waals surface area contributed by atoms with E-state index in [-0.39, 0.29) is 5.97 Å². The molecule has 2 aromatic carbocycles. The Hall–Kier alpha value is -2.88. The third kappa shape index (κ3) is 2.39. The fourth-order valence-corrected chi connectivity index (χ4v) is 2.54. The summed E-state index contributed by atoms with van der Waals surface area (Å²) in [4.78, 5) is 12.3. The highest BCUT2D eigenvalue weighted by atomic mass is 16.5. The molecule has 0 bridgehead atoms. The number of rotatable bonds is 3. The van der Waals surface area contributed by atoms with Crippen LogP contribution in [-0.4, -0.2) is 22.9 Å². The molecule has 0 unspecified atom stereocenters. The van der Waals surface area contributed by atoms with Gasteiger partial charge in [-0.3, -0.25) is 4.68 Å². The molecule has 22 heavy (non-hydrogen) atoms. The van der Waals surface area contributed by atoms with Crippen LogP contribution in [0.25, 0.3) is 22.5 Å². The standard InChI is InChI=1S/C18H16N2O2/c1-20-17(14-11-7-4-8-12-14)15(18(21)22-2)16(19-20)13-9-5-3-6-10-13/h3-12H,1-2H3. The maximum absolute atomic E-state index is 12.3. The van der Waals surface area contributed by atoms with Gasteiger partial charge in [-0.05, 0) is 0 Å². The van der Waals surface area contributed by atoms with Crippen molar-refractivity contribution < 1.29 is 9.53 Å². The molecule has 0 atom stereocenters. The van der Waals surface area contributed by atoms with Crippen molar-refractivity contribution in [3.63, 3.8) is 0 Å². The largest absolute Gasteiger partial charge is 0.465 e. The van der Waals surface area contributed by atoms with Crippen LogP contribution in [0, 0.1) is 0 Å². The average Bonchev–Trinajstić information content (AvgIpc) is 2.93. The van der Waals surface area contributed by atoms with Crippen molar-refractivity contribution in [2.24, 2.45) is 7.05 Å². The predicted molar refractivity (Wildman–Crippen MR) is 85.4 cm³/mol. The molecule has 1 heterocycles. The molecule has 0 saturated carbocycles. The van der Waals surface area contributed by atoms with Crippen molar-refractivity contribution in [1.82, 2.24) is 9.78 Å². The lowest BCUT2D eigenvalue weighted by molar-refractivity contribution is 0.0602. The quantitative estimate of drug-likeness (QED) is 0.693. The topological polar surface area (TPSA) is 44.1 Å². The Morgan fingerprint density at radius 3 is 2.05 bits per heavy atom. The van der Waals surface area contributed by atoms with E-state index in [1.165, 1.54) is 7.11 Å². The number of benzene rings is 2. The van der Waals surface area contributed by atoms with Gasteiger partial charge in [-0.15, -0.1) is 0 Å². The second kappa shape index (κ2) is 5.85. The highest BCUT2D eigenvalue weighted by molar-refractivity contribution is 6.02. The summed E-state index contributed by atoms with van der Waals surface area (Å²) in [7, 11) is 3.22. The zero-order valence-electron chi connectivity index (χ0n) is 12.5. The maximum Gasteiger partial charge on any atom is 0.342 e. The number of methoxy groups -OCH3 is 1. The van der Waals surface area contributed by atoms with Crippen LogP contribution >= 0.6 is 0 Å². The van der Waals surface area contributed by atoms with Crippen LogP contribution in [0.5, 0.6) is 0 Å². The van der Waals surface area contributed by atoms with Crippen molar-refractivity contribution in [1.29, 1.82) is 0 Å². The molecule has 4 heteroatoms. The third-order valence-corrected chi connectivity index (χ3v) is 3.53. The first kappa shape index (κ1) is 14.1. The summed E-state index contributed by atoms with van der Waals surface area (Å²) >= 11 is 0. The van der Waals surface area contributed by atoms with Gasteiger partial charge in [0.05, 0.1) is 12.8 Å². The van der Waals surface area contributed by atoms with Crippen LogP contribution in [0.15, 0.2) is 60.7 Å². The van der Waals surface area contributed by atoms with Gasteiger partial charge in [-0.1, -0.05) is 60.7 Å². The Bertz CT molecular complexity index is 793. The van der Waals surface area contributed by atoms with E-state index in [4.69, 9.17) is 4.74 Å². The highest BCUT2D eigenvalue weighted by Crippen LogP contribution is 2.32. The molecule has 0 amide bonds. The molecule has 3 rings (SSSR count). The first-order chi connectivity index (χ1) is 10.7. The summed E-state index contributed by atoms with van der Waals surface area (Å²) in [5.41, 5.74) is 3.70. The van der Waals surface area contributed by atoms with Gasteiger partial charge in [-0.2, -0.15) is 5.10 Å². The third-order valence-electron chi connectivity index (χ3n) is 3.53. The smallest absolute Gasteiger partial charge is 0.342 e. The van der Waals surface area contributed by atoms with Gasteiger partial charge in [0.2, 0.25) is 0 Å². The first-order valence-electron chi connectivity index (χ1n) is 6.98. The molecule has 0 aliphatic rings. The number of carbonyl (C=O) groups excluding carboxylic acids is 1. The van der Waals surface area contributed by atoms with Crippen LogP contribution in [0.1, 0.15) is 10.4 Å². The minimum Gasteiger partial charge on any atom is -0.465 e. The number of carbonyl (C=O) groups is 1. The molecule has 0 spiro atoms. The summed E-state index contributed by atoms with van der Waals surface area (Å²) < 4.78 is 6.71. The number of nitrogens with zero attached hydrogens (tertiary/aromatic N) is 2. The molecule has 0 aliphatic heterocycles. The van der Waals surface area contributed by atoms with Crippen LogP contribution < -0.4 is 0 Å². The van der Waals surface area contributed by atoms with Gasteiger partial charge >= 0.3 is 5.97 Å². The number of hydrogen-bond donors (Lipinski definition) is 0. The lowest BCUT2D eigenvalue weighted by Crippen LogP contribution is -2.04. The van der Waals surface area contributed by atoms with Crippen molar-refractivity contribution in [3.8, 4) is 22.5 Å². The van der Waals surface area contributed by atoms with E-state index in [0.29, 0.717) is 11.3 Å². The summed E-state index contributed by atoms with van der Waals surface area (Å²) in [6, 6.07) is 19.4. The van der Waals surface area contributed by atoms with Crippen molar-refractivity contribution in [2.75, 3.05) is 7.11 Å². The van der Waals surface area contributed by atoms with Crippen LogP contribution in [0.2, 0.25) is 0 Å². The minimum atomic E-state index is -0.384. The minimum absolute atomic E-state index is 0.384. The van der Waals surface area contributed by atoms with Gasteiger partial charge in [0.25, 0.3) is 0 Å². The predicted octanol–water partition coefficient (Wildman–Crippen LogP) is 3.54. The Morgan fingerprint density at radius 2 is 1.50 bits per heavy atom. The van der Waals surface area contributed by atoms with Crippen LogP contribution in [0.4, 0.5) is 0 Å². The Kier molecular flexibility index (Phi) is 3.74. The number of esters is 1. The summed E-state index contributed by atoms with van der Waals surface area (Å²) in [5.74, 6) is -0.384. The van der Waals surface area contributed by atoms with Gasteiger partial charge in [0.15, 0.2) is 0 Å². The fourth-order valence-electron chi connectivity index (χ4n) is 2.54. The molecule has 0 radical (unpaired) electrons.